The molecule has 1 fully saturated rings. The van der Waals surface area contributed by atoms with Gasteiger partial charge in [-0.3, -0.25) is 0 Å². The maximum atomic E-state index is 6.11. The van der Waals surface area contributed by atoms with Crippen molar-refractivity contribution in [3.8, 4) is 0 Å². The van der Waals surface area contributed by atoms with Crippen LogP contribution in [0.1, 0.15) is 36.1 Å². The highest BCUT2D eigenvalue weighted by molar-refractivity contribution is 5.19. The normalized spacial score (nSPS) is 27.3. The van der Waals surface area contributed by atoms with Crippen LogP contribution in [0.5, 0.6) is 0 Å². The summed E-state index contributed by atoms with van der Waals surface area (Å²) in [6, 6.07) is 20.8. The Morgan fingerprint density at radius 3 is 1.43 bits per heavy atom. The van der Waals surface area contributed by atoms with Crippen LogP contribution in [0, 0.1) is 0 Å². The van der Waals surface area contributed by atoms with Crippen LogP contribution in [0.3, 0.4) is 0 Å². The number of ether oxygens (including phenoxy) is 4. The van der Waals surface area contributed by atoms with Crippen LogP contribution in [0.2, 0.25) is 0 Å². The van der Waals surface area contributed by atoms with Crippen molar-refractivity contribution in [3.05, 3.63) is 71.8 Å². The first-order valence-electron chi connectivity index (χ1n) is 10.7. The van der Waals surface area contributed by atoms with E-state index in [9.17, 15) is 0 Å². The van der Waals surface area contributed by atoms with Crippen molar-refractivity contribution in [2.24, 2.45) is 0 Å². The summed E-state index contributed by atoms with van der Waals surface area (Å²) in [5.41, 5.74) is 2.38. The minimum Gasteiger partial charge on any atom is -0.356 e. The quantitative estimate of drug-likeness (QED) is 0.800. The minimum absolute atomic E-state index is 0.0781. The summed E-state index contributed by atoms with van der Waals surface area (Å²) >= 11 is 0. The lowest BCUT2D eigenvalue weighted by Crippen LogP contribution is -2.35. The molecule has 0 bridgehead atoms. The maximum Gasteiger partial charge on any atom is 0.158 e. The summed E-state index contributed by atoms with van der Waals surface area (Å²) < 4.78 is 23.4. The van der Waals surface area contributed by atoms with Crippen molar-refractivity contribution in [3.63, 3.8) is 0 Å². The summed E-state index contributed by atoms with van der Waals surface area (Å²) in [6.07, 6.45) is 0.958. The van der Waals surface area contributed by atoms with E-state index in [1.807, 2.05) is 36.4 Å². The van der Waals surface area contributed by atoms with E-state index < -0.39 is 0 Å². The van der Waals surface area contributed by atoms with Crippen LogP contribution in [-0.2, 0) is 18.9 Å². The number of benzene rings is 2. The van der Waals surface area contributed by atoms with Crippen molar-refractivity contribution in [1.29, 1.82) is 0 Å². The van der Waals surface area contributed by atoms with Gasteiger partial charge in [0, 0.05) is 40.2 Å². The van der Waals surface area contributed by atoms with E-state index >= 15 is 0 Å². The number of hydrogen-bond donors (Lipinski definition) is 2. The summed E-state index contributed by atoms with van der Waals surface area (Å²) in [5.74, 6) is 0. The second-order valence-corrected chi connectivity index (χ2v) is 7.41. The van der Waals surface area contributed by atoms with Crippen molar-refractivity contribution >= 4 is 0 Å². The average molecular weight is 415 g/mol. The van der Waals surface area contributed by atoms with E-state index in [4.69, 9.17) is 18.9 Å². The number of rotatable bonds is 4. The smallest absolute Gasteiger partial charge is 0.158 e. The molecular formula is C24H34N2O4. The third-order valence-electron chi connectivity index (χ3n) is 5.37. The largest absolute Gasteiger partial charge is 0.356 e. The monoisotopic (exact) mass is 414 g/mol. The predicted octanol–water partition coefficient (Wildman–Crippen LogP) is 3.42. The lowest BCUT2D eigenvalue weighted by Gasteiger charge is -2.27. The van der Waals surface area contributed by atoms with E-state index in [2.05, 4.69) is 34.9 Å². The molecule has 6 heteroatoms. The van der Waals surface area contributed by atoms with E-state index in [0.29, 0.717) is 13.2 Å². The van der Waals surface area contributed by atoms with E-state index in [1.165, 1.54) is 11.1 Å². The Morgan fingerprint density at radius 1 is 0.667 bits per heavy atom. The van der Waals surface area contributed by atoms with Crippen LogP contribution >= 0.6 is 0 Å². The molecule has 3 rings (SSSR count). The van der Waals surface area contributed by atoms with Crippen molar-refractivity contribution in [2.75, 3.05) is 40.5 Å². The summed E-state index contributed by atoms with van der Waals surface area (Å²) in [7, 11) is 3.39. The van der Waals surface area contributed by atoms with Crippen molar-refractivity contribution < 1.29 is 18.9 Å². The van der Waals surface area contributed by atoms with Gasteiger partial charge in [0.05, 0.1) is 25.3 Å². The Balaban J connectivity index is 1.69. The zero-order chi connectivity index (χ0) is 21.0. The van der Waals surface area contributed by atoms with E-state index in [0.717, 1.165) is 25.9 Å². The molecule has 0 radical (unpaired) electrons. The minimum atomic E-state index is -0.266. The molecule has 0 spiro atoms. The second kappa shape index (κ2) is 12.8. The van der Waals surface area contributed by atoms with Crippen molar-refractivity contribution in [2.45, 2.75) is 37.5 Å². The molecule has 2 aromatic carbocycles. The maximum absolute atomic E-state index is 6.11. The lowest BCUT2D eigenvalue weighted by atomic mass is 10.1. The fourth-order valence-corrected chi connectivity index (χ4v) is 3.61. The fourth-order valence-electron chi connectivity index (χ4n) is 3.61. The van der Waals surface area contributed by atoms with Gasteiger partial charge in [-0.05, 0) is 11.1 Å². The molecule has 2 N–H and O–H groups in total. The van der Waals surface area contributed by atoms with Gasteiger partial charge in [-0.15, -0.1) is 0 Å². The van der Waals surface area contributed by atoms with E-state index in [1.54, 1.807) is 14.2 Å². The molecule has 30 heavy (non-hydrogen) atoms. The van der Waals surface area contributed by atoms with Crippen molar-refractivity contribution in [1.82, 2.24) is 10.6 Å². The van der Waals surface area contributed by atoms with Gasteiger partial charge < -0.3 is 29.6 Å². The van der Waals surface area contributed by atoms with Gasteiger partial charge in [0.15, 0.2) is 12.6 Å². The van der Waals surface area contributed by atoms with Gasteiger partial charge in [0.2, 0.25) is 0 Å². The molecule has 0 aliphatic carbocycles. The van der Waals surface area contributed by atoms with E-state index in [-0.39, 0.29) is 24.7 Å². The molecule has 1 aliphatic heterocycles. The van der Waals surface area contributed by atoms with Gasteiger partial charge >= 0.3 is 0 Å². The number of hydrogen-bond acceptors (Lipinski definition) is 6. The zero-order valence-corrected chi connectivity index (χ0v) is 18.0. The number of nitrogens with one attached hydrogen (secondary N) is 2. The first kappa shape index (κ1) is 22.9. The topological polar surface area (TPSA) is 61.0 Å². The van der Waals surface area contributed by atoms with Crippen LogP contribution in [0.25, 0.3) is 0 Å². The Hall–Kier alpha value is -1.80. The highest BCUT2D eigenvalue weighted by Gasteiger charge is 2.20. The van der Waals surface area contributed by atoms with Crippen LogP contribution < -0.4 is 10.6 Å². The summed E-state index contributed by atoms with van der Waals surface area (Å²) in [4.78, 5) is 0. The molecule has 0 saturated carbocycles. The molecule has 2 aromatic rings. The fraction of sp³-hybridized carbons (Fsp3) is 0.500. The highest BCUT2D eigenvalue weighted by atomic mass is 16.7. The summed E-state index contributed by atoms with van der Waals surface area (Å²) in [5, 5.41) is 7.17. The van der Waals surface area contributed by atoms with Gasteiger partial charge in [0.1, 0.15) is 0 Å². The van der Waals surface area contributed by atoms with Gasteiger partial charge in [-0.2, -0.15) is 0 Å². The third kappa shape index (κ3) is 7.16. The first-order chi connectivity index (χ1) is 14.8. The van der Waals surface area contributed by atoms with Gasteiger partial charge in [-0.25, -0.2) is 0 Å². The molecule has 4 atom stereocenters. The SMILES string of the molecule is CO[C@@H]1CCN[C@H](c2ccccc2)CO[C@H](OC)CCN[C@H](c2ccccc2)CO1. The molecule has 1 saturated heterocycles. The van der Waals surface area contributed by atoms with Gasteiger partial charge in [0.25, 0.3) is 0 Å². The standard InChI is InChI=1S/C24H34N2O4/c1-27-23-13-15-25-22(20-11-7-4-8-12-20)18-30-24(28-2)14-16-26-21(17-29-23)19-9-5-3-6-10-19/h3-12,21-26H,13-18H2,1-2H3/t21-,22-,23-,24-/m0/s1. The Kier molecular flexibility index (Phi) is 9.76. The first-order valence-corrected chi connectivity index (χ1v) is 10.7. The second-order valence-electron chi connectivity index (χ2n) is 7.41. The zero-order valence-electron chi connectivity index (χ0n) is 18.0. The summed E-state index contributed by atoms with van der Waals surface area (Å²) in [6.45, 7) is 2.57. The molecule has 1 aliphatic rings. The van der Waals surface area contributed by atoms with Crippen LogP contribution in [0.4, 0.5) is 0 Å². The molecule has 0 unspecified atom stereocenters. The van der Waals surface area contributed by atoms with Crippen LogP contribution in [0.15, 0.2) is 60.7 Å². The average Bonchev–Trinajstić information content (AvgIpc) is 2.81. The number of methoxy groups -OCH3 is 2. The third-order valence-corrected chi connectivity index (χ3v) is 5.37. The molecule has 164 valence electrons. The molecular weight excluding hydrogens is 380 g/mol. The lowest BCUT2D eigenvalue weighted by molar-refractivity contribution is -0.141. The molecule has 0 amide bonds. The molecule has 6 nitrogen and oxygen atoms in total. The highest BCUT2D eigenvalue weighted by Crippen LogP contribution is 2.18. The Morgan fingerprint density at radius 2 is 1.07 bits per heavy atom. The Labute approximate surface area is 179 Å². The predicted molar refractivity (Wildman–Crippen MR) is 117 cm³/mol. The van der Waals surface area contributed by atoms with Gasteiger partial charge in [-0.1, -0.05) is 60.7 Å². The molecule has 1 heterocycles. The Bertz CT molecular complexity index is 639. The van der Waals surface area contributed by atoms with Crippen LogP contribution in [-0.4, -0.2) is 53.1 Å². The molecule has 0 aromatic heterocycles.